The molecule has 2 amide bonds. The zero-order valence-electron chi connectivity index (χ0n) is 12.8. The van der Waals surface area contributed by atoms with Crippen molar-refractivity contribution in [3.8, 4) is 0 Å². The van der Waals surface area contributed by atoms with E-state index in [0.717, 1.165) is 22.3 Å². The second kappa shape index (κ2) is 7.41. The summed E-state index contributed by atoms with van der Waals surface area (Å²) in [6.45, 7) is 4.67. The molecular formula is C18H20N2O2. The summed E-state index contributed by atoms with van der Waals surface area (Å²) in [4.78, 5) is 23.5. The maximum Gasteiger partial charge on any atom is 0.309 e. The highest BCUT2D eigenvalue weighted by Gasteiger charge is 2.12. The Hall–Kier alpha value is -2.62. The Bertz CT molecular complexity index is 663. The van der Waals surface area contributed by atoms with Gasteiger partial charge in [-0.2, -0.15) is 0 Å². The predicted molar refractivity (Wildman–Crippen MR) is 86.1 cm³/mol. The molecule has 4 heteroatoms. The molecule has 0 bridgehead atoms. The lowest BCUT2D eigenvalue weighted by Gasteiger charge is -2.08. The van der Waals surface area contributed by atoms with Crippen molar-refractivity contribution < 1.29 is 9.59 Å². The van der Waals surface area contributed by atoms with Crippen LogP contribution in [0.5, 0.6) is 0 Å². The van der Waals surface area contributed by atoms with Crippen molar-refractivity contribution in [1.29, 1.82) is 0 Å². The van der Waals surface area contributed by atoms with Gasteiger partial charge in [0.05, 0.1) is 0 Å². The van der Waals surface area contributed by atoms with Crippen LogP contribution in [0.4, 0.5) is 0 Å². The summed E-state index contributed by atoms with van der Waals surface area (Å²) in [6, 6.07) is 15.6. The Balaban J connectivity index is 1.81. The number of hydrogen-bond donors (Lipinski definition) is 2. The molecule has 0 saturated heterocycles. The van der Waals surface area contributed by atoms with Crippen LogP contribution in [0.1, 0.15) is 22.3 Å². The van der Waals surface area contributed by atoms with Gasteiger partial charge in [-0.05, 0) is 30.5 Å². The van der Waals surface area contributed by atoms with E-state index in [2.05, 4.69) is 10.6 Å². The summed E-state index contributed by atoms with van der Waals surface area (Å²) in [6.07, 6.45) is 0. The van der Waals surface area contributed by atoms with Crippen LogP contribution in [-0.2, 0) is 22.7 Å². The molecule has 0 aliphatic heterocycles. The minimum atomic E-state index is -0.617. The molecule has 2 aromatic carbocycles. The zero-order valence-corrected chi connectivity index (χ0v) is 12.8. The van der Waals surface area contributed by atoms with E-state index in [1.165, 1.54) is 0 Å². The Labute approximate surface area is 130 Å². The highest BCUT2D eigenvalue weighted by molar-refractivity contribution is 6.35. The highest BCUT2D eigenvalue weighted by atomic mass is 16.2. The van der Waals surface area contributed by atoms with Crippen LogP contribution in [0.3, 0.4) is 0 Å². The van der Waals surface area contributed by atoms with E-state index in [1.807, 2.05) is 62.4 Å². The van der Waals surface area contributed by atoms with Gasteiger partial charge < -0.3 is 10.6 Å². The maximum atomic E-state index is 11.8. The standard InChI is InChI=1S/C18H20N2O2/c1-13-7-9-15(10-8-13)11-19-17(21)18(22)20-12-16-6-4-3-5-14(16)2/h3-10H,11-12H2,1-2H3,(H,19,21)(H,20,22). The summed E-state index contributed by atoms with van der Waals surface area (Å²) in [5, 5.41) is 5.25. The van der Waals surface area contributed by atoms with Gasteiger partial charge in [0.2, 0.25) is 0 Å². The molecule has 0 radical (unpaired) electrons. The minimum absolute atomic E-state index is 0.344. The van der Waals surface area contributed by atoms with Gasteiger partial charge in [0.1, 0.15) is 0 Å². The summed E-state index contributed by atoms with van der Waals surface area (Å²) < 4.78 is 0. The van der Waals surface area contributed by atoms with Crippen LogP contribution >= 0.6 is 0 Å². The van der Waals surface area contributed by atoms with Crippen molar-refractivity contribution in [1.82, 2.24) is 10.6 Å². The molecule has 0 heterocycles. The Morgan fingerprint density at radius 2 is 1.41 bits per heavy atom. The Kier molecular flexibility index (Phi) is 5.31. The lowest BCUT2D eigenvalue weighted by atomic mass is 10.1. The lowest BCUT2D eigenvalue weighted by molar-refractivity contribution is -0.139. The van der Waals surface area contributed by atoms with Crippen LogP contribution in [0.15, 0.2) is 48.5 Å². The zero-order chi connectivity index (χ0) is 15.9. The minimum Gasteiger partial charge on any atom is -0.344 e. The normalized spacial score (nSPS) is 10.1. The van der Waals surface area contributed by atoms with Crippen LogP contribution in [0.2, 0.25) is 0 Å². The summed E-state index contributed by atoms with van der Waals surface area (Å²) >= 11 is 0. The molecule has 2 rings (SSSR count). The summed E-state index contributed by atoms with van der Waals surface area (Å²) in [5.74, 6) is -1.23. The van der Waals surface area contributed by atoms with Crippen LogP contribution in [0.25, 0.3) is 0 Å². The molecule has 2 N–H and O–H groups in total. The van der Waals surface area contributed by atoms with E-state index in [1.54, 1.807) is 0 Å². The number of hydrogen-bond acceptors (Lipinski definition) is 2. The van der Waals surface area contributed by atoms with E-state index in [-0.39, 0.29) is 0 Å². The van der Waals surface area contributed by atoms with Gasteiger partial charge in [0, 0.05) is 13.1 Å². The monoisotopic (exact) mass is 296 g/mol. The van der Waals surface area contributed by atoms with Gasteiger partial charge in [-0.15, -0.1) is 0 Å². The van der Waals surface area contributed by atoms with E-state index >= 15 is 0 Å². The van der Waals surface area contributed by atoms with Crippen molar-refractivity contribution in [2.75, 3.05) is 0 Å². The fourth-order valence-corrected chi connectivity index (χ4v) is 2.03. The van der Waals surface area contributed by atoms with Crippen LogP contribution in [0, 0.1) is 13.8 Å². The second-order valence-corrected chi connectivity index (χ2v) is 5.28. The van der Waals surface area contributed by atoms with Crippen LogP contribution < -0.4 is 10.6 Å². The molecule has 0 unspecified atom stereocenters. The van der Waals surface area contributed by atoms with Gasteiger partial charge in [0.25, 0.3) is 0 Å². The summed E-state index contributed by atoms with van der Waals surface area (Å²) in [7, 11) is 0. The number of carbonyl (C=O) groups is 2. The SMILES string of the molecule is Cc1ccc(CNC(=O)C(=O)NCc2ccccc2C)cc1. The van der Waals surface area contributed by atoms with E-state index in [4.69, 9.17) is 0 Å². The van der Waals surface area contributed by atoms with Gasteiger partial charge >= 0.3 is 11.8 Å². The van der Waals surface area contributed by atoms with Crippen molar-refractivity contribution in [3.05, 3.63) is 70.8 Å². The van der Waals surface area contributed by atoms with Crippen molar-refractivity contribution >= 4 is 11.8 Å². The second-order valence-electron chi connectivity index (χ2n) is 5.28. The molecule has 4 nitrogen and oxygen atoms in total. The van der Waals surface area contributed by atoms with Crippen molar-refractivity contribution in [3.63, 3.8) is 0 Å². The maximum absolute atomic E-state index is 11.8. The molecule has 0 aromatic heterocycles. The average Bonchev–Trinajstić information content (AvgIpc) is 2.53. The fourth-order valence-electron chi connectivity index (χ4n) is 2.03. The van der Waals surface area contributed by atoms with Gasteiger partial charge in [-0.1, -0.05) is 54.1 Å². The number of benzene rings is 2. The molecular weight excluding hydrogens is 276 g/mol. The Morgan fingerprint density at radius 1 is 0.818 bits per heavy atom. The third kappa shape index (κ3) is 4.45. The molecule has 0 fully saturated rings. The quantitative estimate of drug-likeness (QED) is 0.850. The first-order valence-electron chi connectivity index (χ1n) is 7.22. The number of rotatable bonds is 4. The number of aryl methyl sites for hydroxylation is 2. The van der Waals surface area contributed by atoms with Gasteiger partial charge in [-0.25, -0.2) is 0 Å². The van der Waals surface area contributed by atoms with E-state index in [0.29, 0.717) is 13.1 Å². The molecule has 0 atom stereocenters. The smallest absolute Gasteiger partial charge is 0.309 e. The lowest BCUT2D eigenvalue weighted by Crippen LogP contribution is -2.39. The molecule has 0 saturated carbocycles. The van der Waals surface area contributed by atoms with E-state index in [9.17, 15) is 9.59 Å². The summed E-state index contributed by atoms with van der Waals surface area (Å²) in [5.41, 5.74) is 4.21. The van der Waals surface area contributed by atoms with Gasteiger partial charge in [-0.3, -0.25) is 9.59 Å². The number of nitrogens with one attached hydrogen (secondary N) is 2. The highest BCUT2D eigenvalue weighted by Crippen LogP contribution is 2.06. The first-order chi connectivity index (χ1) is 10.6. The van der Waals surface area contributed by atoms with E-state index < -0.39 is 11.8 Å². The molecule has 0 aliphatic carbocycles. The van der Waals surface area contributed by atoms with Crippen LogP contribution in [-0.4, -0.2) is 11.8 Å². The average molecular weight is 296 g/mol. The predicted octanol–water partition coefficient (Wildman–Crippen LogP) is 2.24. The first-order valence-corrected chi connectivity index (χ1v) is 7.22. The third-order valence-electron chi connectivity index (χ3n) is 3.48. The van der Waals surface area contributed by atoms with Crippen molar-refractivity contribution in [2.45, 2.75) is 26.9 Å². The van der Waals surface area contributed by atoms with Gasteiger partial charge in [0.15, 0.2) is 0 Å². The third-order valence-corrected chi connectivity index (χ3v) is 3.48. The molecule has 0 spiro atoms. The molecule has 2 aromatic rings. The van der Waals surface area contributed by atoms with Crippen molar-refractivity contribution in [2.24, 2.45) is 0 Å². The number of amides is 2. The molecule has 0 aliphatic rings. The topological polar surface area (TPSA) is 58.2 Å². The molecule has 114 valence electrons. The largest absolute Gasteiger partial charge is 0.344 e. The fraction of sp³-hybridized carbons (Fsp3) is 0.222. The number of carbonyl (C=O) groups excluding carboxylic acids is 2. The molecule has 22 heavy (non-hydrogen) atoms. The first kappa shape index (κ1) is 15.8. The Morgan fingerprint density at radius 3 is 2.05 bits per heavy atom.